The van der Waals surface area contributed by atoms with Gasteiger partial charge < -0.3 is 4.57 Å². The van der Waals surface area contributed by atoms with Crippen molar-refractivity contribution in [3.05, 3.63) is 114 Å². The molecule has 0 saturated heterocycles. The SMILES string of the molecule is O=P(c1cc(F)ccc1F)(c1cc(F)ccc1F)c1cc2ccccc2c2ccccc12. The summed E-state index contributed by atoms with van der Waals surface area (Å²) in [5.41, 5.74) is 0. The van der Waals surface area contributed by atoms with Crippen molar-refractivity contribution in [3.63, 3.8) is 0 Å². The van der Waals surface area contributed by atoms with Crippen molar-refractivity contribution in [1.29, 1.82) is 0 Å². The van der Waals surface area contributed by atoms with Crippen LogP contribution in [-0.2, 0) is 4.57 Å². The standard InChI is InChI=1S/C26H15F4OP/c27-17-9-11-22(29)25(14-17)32(31,26-15-18(28)10-12-23(26)30)24-13-16-5-1-2-6-19(16)20-7-3-4-8-21(20)24/h1-15H. The largest absolute Gasteiger partial charge is 0.308 e. The quantitative estimate of drug-likeness (QED) is 0.182. The van der Waals surface area contributed by atoms with Gasteiger partial charge in [-0.2, -0.15) is 0 Å². The van der Waals surface area contributed by atoms with E-state index in [2.05, 4.69) is 0 Å². The van der Waals surface area contributed by atoms with Crippen molar-refractivity contribution in [2.24, 2.45) is 0 Å². The third-order valence-electron chi connectivity index (χ3n) is 5.58. The van der Waals surface area contributed by atoms with E-state index in [1.54, 1.807) is 36.4 Å². The summed E-state index contributed by atoms with van der Waals surface area (Å²) >= 11 is 0. The van der Waals surface area contributed by atoms with Crippen molar-refractivity contribution in [1.82, 2.24) is 0 Å². The number of halogens is 4. The zero-order chi connectivity index (χ0) is 22.5. The smallest absolute Gasteiger partial charge is 0.177 e. The molecule has 32 heavy (non-hydrogen) atoms. The van der Waals surface area contributed by atoms with E-state index in [0.717, 1.165) is 47.2 Å². The molecule has 0 aromatic heterocycles. The monoisotopic (exact) mass is 450 g/mol. The Balaban J connectivity index is 2.01. The minimum absolute atomic E-state index is 0.112. The second-order valence-electron chi connectivity index (χ2n) is 7.46. The second-order valence-corrected chi connectivity index (χ2v) is 10.1. The molecule has 5 aromatic rings. The first-order valence-corrected chi connectivity index (χ1v) is 11.5. The molecule has 0 spiro atoms. The molecule has 0 atom stereocenters. The summed E-state index contributed by atoms with van der Waals surface area (Å²) in [6.07, 6.45) is 0. The van der Waals surface area contributed by atoms with Crippen LogP contribution in [0.25, 0.3) is 21.5 Å². The van der Waals surface area contributed by atoms with Crippen LogP contribution in [0, 0.1) is 23.3 Å². The van der Waals surface area contributed by atoms with Gasteiger partial charge in [-0.05, 0) is 64.0 Å². The van der Waals surface area contributed by atoms with Gasteiger partial charge in [-0.15, -0.1) is 0 Å². The number of hydrogen-bond acceptors (Lipinski definition) is 1. The molecule has 6 heteroatoms. The Kier molecular flexibility index (Phi) is 4.87. The first kappa shape index (κ1) is 20.5. The minimum atomic E-state index is -4.39. The summed E-state index contributed by atoms with van der Waals surface area (Å²) in [4.78, 5) is 0. The average Bonchev–Trinajstić information content (AvgIpc) is 2.81. The maximum absolute atomic E-state index is 15.0. The third-order valence-corrected chi connectivity index (χ3v) is 8.67. The zero-order valence-electron chi connectivity index (χ0n) is 16.5. The van der Waals surface area contributed by atoms with E-state index in [9.17, 15) is 13.3 Å². The second kappa shape index (κ2) is 7.61. The predicted molar refractivity (Wildman–Crippen MR) is 121 cm³/mol. The molecule has 5 rings (SSSR count). The molecule has 0 fully saturated rings. The Morgan fingerprint density at radius 1 is 0.500 bits per heavy atom. The van der Waals surface area contributed by atoms with E-state index in [4.69, 9.17) is 0 Å². The topological polar surface area (TPSA) is 17.1 Å². The van der Waals surface area contributed by atoms with Crippen LogP contribution < -0.4 is 15.9 Å². The lowest BCUT2D eigenvalue weighted by molar-refractivity contribution is 0.579. The van der Waals surface area contributed by atoms with Gasteiger partial charge in [-0.1, -0.05) is 48.5 Å². The fraction of sp³-hybridized carbons (Fsp3) is 0. The molecule has 1 nitrogen and oxygen atoms in total. The van der Waals surface area contributed by atoms with Crippen molar-refractivity contribution < 1.29 is 22.1 Å². The fourth-order valence-corrected chi connectivity index (χ4v) is 7.13. The molecule has 0 unspecified atom stereocenters. The molecule has 0 amide bonds. The Morgan fingerprint density at radius 3 is 1.59 bits per heavy atom. The molecular formula is C26H15F4OP. The fourth-order valence-electron chi connectivity index (χ4n) is 4.14. The van der Waals surface area contributed by atoms with Crippen LogP contribution in [0.2, 0.25) is 0 Å². The van der Waals surface area contributed by atoms with Crippen molar-refractivity contribution >= 4 is 44.6 Å². The normalized spacial score (nSPS) is 11.9. The van der Waals surface area contributed by atoms with Gasteiger partial charge in [-0.3, -0.25) is 0 Å². The highest BCUT2D eigenvalue weighted by molar-refractivity contribution is 7.85. The van der Waals surface area contributed by atoms with Gasteiger partial charge in [0, 0.05) is 5.30 Å². The van der Waals surface area contributed by atoms with E-state index >= 15 is 8.78 Å². The minimum Gasteiger partial charge on any atom is -0.308 e. The number of rotatable bonds is 3. The van der Waals surface area contributed by atoms with Crippen LogP contribution in [0.1, 0.15) is 0 Å². The Labute approximate surface area is 181 Å². The van der Waals surface area contributed by atoms with Crippen LogP contribution in [0.3, 0.4) is 0 Å². The Hall–Kier alpha value is -3.43. The van der Waals surface area contributed by atoms with Gasteiger partial charge in [0.1, 0.15) is 23.3 Å². The lowest BCUT2D eigenvalue weighted by Gasteiger charge is -2.23. The summed E-state index contributed by atoms with van der Waals surface area (Å²) in [6.45, 7) is 0. The Bertz CT molecular complexity index is 1510. The lowest BCUT2D eigenvalue weighted by Crippen LogP contribution is -2.30. The first-order valence-electron chi connectivity index (χ1n) is 9.82. The predicted octanol–water partition coefficient (Wildman–Crippen LogP) is 6.19. The zero-order valence-corrected chi connectivity index (χ0v) is 17.4. The number of hydrogen-bond donors (Lipinski definition) is 0. The van der Waals surface area contributed by atoms with Crippen LogP contribution in [-0.4, -0.2) is 0 Å². The molecule has 0 aliphatic carbocycles. The van der Waals surface area contributed by atoms with Gasteiger partial charge in [0.05, 0.1) is 10.6 Å². The van der Waals surface area contributed by atoms with Crippen molar-refractivity contribution in [2.75, 3.05) is 0 Å². The first-order chi connectivity index (χ1) is 15.4. The van der Waals surface area contributed by atoms with E-state index < -0.39 is 41.0 Å². The molecule has 158 valence electrons. The lowest BCUT2D eigenvalue weighted by atomic mass is 10.0. The molecule has 5 aromatic carbocycles. The van der Waals surface area contributed by atoms with Crippen molar-refractivity contribution in [3.8, 4) is 0 Å². The summed E-state index contributed by atoms with van der Waals surface area (Å²) in [5, 5.41) is 1.84. The van der Waals surface area contributed by atoms with Crippen LogP contribution in [0.4, 0.5) is 17.6 Å². The maximum atomic E-state index is 15.0. The molecule has 0 saturated carbocycles. The summed E-state index contributed by atoms with van der Waals surface area (Å²) < 4.78 is 73.3. The van der Waals surface area contributed by atoms with Gasteiger partial charge >= 0.3 is 0 Å². The summed E-state index contributed by atoms with van der Waals surface area (Å²) in [7, 11) is -4.39. The van der Waals surface area contributed by atoms with Gasteiger partial charge in [0.25, 0.3) is 0 Å². The molecule has 0 aliphatic heterocycles. The van der Waals surface area contributed by atoms with E-state index in [1.807, 2.05) is 18.2 Å². The Morgan fingerprint density at radius 2 is 1.00 bits per heavy atom. The number of fused-ring (bicyclic) bond motifs is 3. The van der Waals surface area contributed by atoms with E-state index in [0.29, 0.717) is 10.8 Å². The third kappa shape index (κ3) is 3.12. The van der Waals surface area contributed by atoms with Gasteiger partial charge in [0.2, 0.25) is 0 Å². The average molecular weight is 450 g/mol. The number of benzene rings is 5. The molecule has 0 radical (unpaired) electrons. The molecule has 0 bridgehead atoms. The molecule has 0 aliphatic rings. The summed E-state index contributed by atoms with van der Waals surface area (Å²) in [6, 6.07) is 21.0. The van der Waals surface area contributed by atoms with E-state index in [1.165, 1.54) is 0 Å². The van der Waals surface area contributed by atoms with Crippen molar-refractivity contribution in [2.45, 2.75) is 0 Å². The van der Waals surface area contributed by atoms with E-state index in [-0.39, 0.29) is 5.30 Å². The highest BCUT2D eigenvalue weighted by Gasteiger charge is 2.37. The highest BCUT2D eigenvalue weighted by Crippen LogP contribution is 2.47. The van der Waals surface area contributed by atoms with Gasteiger partial charge in [-0.25, -0.2) is 17.6 Å². The highest BCUT2D eigenvalue weighted by atomic mass is 31.2. The summed E-state index contributed by atoms with van der Waals surface area (Å²) in [5.74, 6) is -3.58. The molecule has 0 heterocycles. The maximum Gasteiger partial charge on any atom is 0.177 e. The molecule has 0 N–H and O–H groups in total. The van der Waals surface area contributed by atoms with Crippen LogP contribution in [0.5, 0.6) is 0 Å². The van der Waals surface area contributed by atoms with Crippen LogP contribution >= 0.6 is 7.14 Å². The van der Waals surface area contributed by atoms with Gasteiger partial charge in [0.15, 0.2) is 7.14 Å². The van der Waals surface area contributed by atoms with Crippen LogP contribution in [0.15, 0.2) is 91.0 Å². The molecular weight excluding hydrogens is 435 g/mol.